The molecule has 0 aliphatic rings. The number of hydrogen-bond donors (Lipinski definition) is 1. The molecule has 6 heteroatoms. The Bertz CT molecular complexity index is 807. The number of aromatic nitrogens is 3. The molecular formula is C16H16N4OS. The van der Waals surface area contributed by atoms with Gasteiger partial charge in [-0.15, -0.1) is 11.3 Å². The number of carbonyl (C=O) groups excluding carboxylic acids is 1. The van der Waals surface area contributed by atoms with Crippen LogP contribution in [0.1, 0.15) is 28.5 Å². The summed E-state index contributed by atoms with van der Waals surface area (Å²) in [6.45, 7) is 4.27. The van der Waals surface area contributed by atoms with Gasteiger partial charge < -0.3 is 5.32 Å². The van der Waals surface area contributed by atoms with Crippen LogP contribution >= 0.6 is 11.3 Å². The van der Waals surface area contributed by atoms with E-state index in [1.807, 2.05) is 12.1 Å². The van der Waals surface area contributed by atoms with Crippen LogP contribution in [-0.2, 0) is 6.42 Å². The zero-order valence-electron chi connectivity index (χ0n) is 12.4. The smallest absolute Gasteiger partial charge is 0.267 e. The summed E-state index contributed by atoms with van der Waals surface area (Å²) in [6, 6.07) is 5.44. The number of rotatable bonds is 4. The molecule has 0 atom stereocenters. The van der Waals surface area contributed by atoms with E-state index in [9.17, 15) is 4.79 Å². The molecule has 112 valence electrons. The summed E-state index contributed by atoms with van der Waals surface area (Å²) in [7, 11) is 0. The highest BCUT2D eigenvalue weighted by atomic mass is 32.1. The Kier molecular flexibility index (Phi) is 4.11. The van der Waals surface area contributed by atoms with Gasteiger partial charge in [0.25, 0.3) is 5.91 Å². The van der Waals surface area contributed by atoms with Crippen molar-refractivity contribution < 1.29 is 4.79 Å². The van der Waals surface area contributed by atoms with Crippen LogP contribution in [-0.4, -0.2) is 20.9 Å². The Labute approximate surface area is 132 Å². The summed E-state index contributed by atoms with van der Waals surface area (Å²) in [5.41, 5.74) is 2.10. The molecule has 5 nitrogen and oxygen atoms in total. The van der Waals surface area contributed by atoms with E-state index in [1.165, 1.54) is 11.3 Å². The number of thiazole rings is 1. The molecule has 3 aromatic rings. The number of nitrogens with one attached hydrogen (secondary N) is 1. The maximum atomic E-state index is 12.4. The second-order valence-electron chi connectivity index (χ2n) is 5.40. The lowest BCUT2D eigenvalue weighted by Crippen LogP contribution is -2.11. The summed E-state index contributed by atoms with van der Waals surface area (Å²) in [6.07, 6.45) is 5.87. The third-order valence-electron chi connectivity index (χ3n) is 3.10. The Hall–Kier alpha value is -2.34. The molecule has 0 saturated heterocycles. The number of nitrogens with zero attached hydrogens (tertiary/aromatic N) is 3. The number of amides is 1. The SMILES string of the molecule is CC(C)Cc1ncc(C(=O)Nc2ccnc3cccnc23)s1. The lowest BCUT2D eigenvalue weighted by atomic mass is 10.1. The average Bonchev–Trinajstić information content (AvgIpc) is 2.95. The predicted octanol–water partition coefficient (Wildman–Crippen LogP) is 3.54. The van der Waals surface area contributed by atoms with Crippen LogP contribution in [0, 0.1) is 5.92 Å². The van der Waals surface area contributed by atoms with Crippen molar-refractivity contribution in [3.8, 4) is 0 Å². The van der Waals surface area contributed by atoms with E-state index in [4.69, 9.17) is 0 Å². The molecule has 0 aliphatic heterocycles. The number of pyridine rings is 2. The van der Waals surface area contributed by atoms with Crippen molar-refractivity contribution in [1.82, 2.24) is 15.0 Å². The van der Waals surface area contributed by atoms with E-state index in [-0.39, 0.29) is 5.91 Å². The first-order valence-corrected chi connectivity index (χ1v) is 7.91. The van der Waals surface area contributed by atoms with Gasteiger partial charge in [-0.3, -0.25) is 14.8 Å². The summed E-state index contributed by atoms with van der Waals surface area (Å²) in [5.74, 6) is 0.362. The van der Waals surface area contributed by atoms with Gasteiger partial charge in [-0.2, -0.15) is 0 Å². The van der Waals surface area contributed by atoms with Crippen LogP contribution in [0.15, 0.2) is 36.8 Å². The number of hydrogen-bond acceptors (Lipinski definition) is 5. The van der Waals surface area contributed by atoms with Crippen molar-refractivity contribution >= 4 is 34.0 Å². The first-order valence-electron chi connectivity index (χ1n) is 7.09. The van der Waals surface area contributed by atoms with Gasteiger partial charge in [-0.05, 0) is 24.1 Å². The van der Waals surface area contributed by atoms with Crippen LogP contribution in [0.2, 0.25) is 0 Å². The maximum absolute atomic E-state index is 12.4. The highest BCUT2D eigenvalue weighted by Gasteiger charge is 2.13. The molecule has 3 heterocycles. The quantitative estimate of drug-likeness (QED) is 0.800. The van der Waals surface area contributed by atoms with Gasteiger partial charge in [-0.1, -0.05) is 13.8 Å². The van der Waals surface area contributed by atoms with Gasteiger partial charge in [0, 0.05) is 18.8 Å². The molecule has 0 aliphatic carbocycles. The fourth-order valence-corrected chi connectivity index (χ4v) is 3.15. The summed E-state index contributed by atoms with van der Waals surface area (Å²) < 4.78 is 0. The van der Waals surface area contributed by atoms with Gasteiger partial charge >= 0.3 is 0 Å². The molecule has 0 aromatic carbocycles. The maximum Gasteiger partial charge on any atom is 0.267 e. The Morgan fingerprint density at radius 3 is 2.91 bits per heavy atom. The normalized spacial score (nSPS) is 11.0. The van der Waals surface area contributed by atoms with Crippen molar-refractivity contribution in [2.75, 3.05) is 5.32 Å². The summed E-state index contributed by atoms with van der Waals surface area (Å²) in [5, 5.41) is 3.88. The average molecular weight is 312 g/mol. The standard InChI is InChI=1S/C16H16N4OS/c1-10(2)8-14-19-9-13(22-14)16(21)20-12-5-7-17-11-4-3-6-18-15(11)12/h3-7,9-10H,8H2,1-2H3,(H,17,20,21). The third kappa shape index (κ3) is 3.12. The molecule has 0 unspecified atom stereocenters. The van der Waals surface area contributed by atoms with Gasteiger partial charge in [0.1, 0.15) is 10.4 Å². The molecule has 0 fully saturated rings. The van der Waals surface area contributed by atoms with Crippen molar-refractivity contribution in [2.45, 2.75) is 20.3 Å². The zero-order valence-corrected chi connectivity index (χ0v) is 13.2. The fraction of sp³-hybridized carbons (Fsp3) is 0.250. The van der Waals surface area contributed by atoms with E-state index in [0.717, 1.165) is 16.9 Å². The van der Waals surface area contributed by atoms with Gasteiger partial charge in [0.15, 0.2) is 0 Å². The minimum atomic E-state index is -0.161. The number of anilines is 1. The molecule has 22 heavy (non-hydrogen) atoms. The first kappa shape index (κ1) is 14.6. The van der Waals surface area contributed by atoms with Crippen LogP contribution in [0.3, 0.4) is 0 Å². The Morgan fingerprint density at radius 2 is 2.09 bits per heavy atom. The van der Waals surface area contributed by atoms with E-state index in [0.29, 0.717) is 22.0 Å². The molecule has 3 aromatic heterocycles. The molecule has 0 spiro atoms. The molecule has 1 amide bonds. The zero-order chi connectivity index (χ0) is 15.5. The highest BCUT2D eigenvalue weighted by molar-refractivity contribution is 7.13. The van der Waals surface area contributed by atoms with Gasteiger partial charge in [0.2, 0.25) is 0 Å². The van der Waals surface area contributed by atoms with E-state index in [1.54, 1.807) is 24.7 Å². The van der Waals surface area contributed by atoms with Crippen LogP contribution in [0.4, 0.5) is 5.69 Å². The van der Waals surface area contributed by atoms with Crippen molar-refractivity contribution in [1.29, 1.82) is 0 Å². The second kappa shape index (κ2) is 6.19. The fourth-order valence-electron chi connectivity index (χ4n) is 2.12. The molecule has 3 rings (SSSR count). The third-order valence-corrected chi connectivity index (χ3v) is 4.12. The topological polar surface area (TPSA) is 67.8 Å². The largest absolute Gasteiger partial charge is 0.319 e. The molecular weight excluding hydrogens is 296 g/mol. The predicted molar refractivity (Wildman–Crippen MR) is 88.1 cm³/mol. The van der Waals surface area contributed by atoms with Crippen molar-refractivity contribution in [3.05, 3.63) is 46.7 Å². The first-order chi connectivity index (χ1) is 10.6. The summed E-state index contributed by atoms with van der Waals surface area (Å²) >= 11 is 1.43. The van der Waals surface area contributed by atoms with Gasteiger partial charge in [-0.25, -0.2) is 4.98 Å². The Morgan fingerprint density at radius 1 is 1.23 bits per heavy atom. The van der Waals surface area contributed by atoms with Crippen LogP contribution in [0.5, 0.6) is 0 Å². The highest BCUT2D eigenvalue weighted by Crippen LogP contribution is 2.21. The lowest BCUT2D eigenvalue weighted by Gasteiger charge is -2.05. The number of carbonyl (C=O) groups is 1. The van der Waals surface area contributed by atoms with Crippen molar-refractivity contribution in [2.24, 2.45) is 5.92 Å². The molecule has 0 saturated carbocycles. The summed E-state index contributed by atoms with van der Waals surface area (Å²) in [4.78, 5) is 25.8. The molecule has 1 N–H and O–H groups in total. The van der Waals surface area contributed by atoms with Crippen LogP contribution < -0.4 is 5.32 Å². The van der Waals surface area contributed by atoms with Gasteiger partial charge in [0.05, 0.1) is 22.4 Å². The number of fused-ring (bicyclic) bond motifs is 1. The van der Waals surface area contributed by atoms with E-state index in [2.05, 4.69) is 34.1 Å². The Balaban J connectivity index is 1.82. The van der Waals surface area contributed by atoms with Crippen LogP contribution in [0.25, 0.3) is 11.0 Å². The molecule has 0 bridgehead atoms. The van der Waals surface area contributed by atoms with E-state index >= 15 is 0 Å². The lowest BCUT2D eigenvalue weighted by molar-refractivity contribution is 0.103. The van der Waals surface area contributed by atoms with E-state index < -0.39 is 0 Å². The minimum absolute atomic E-state index is 0.161. The van der Waals surface area contributed by atoms with Crippen molar-refractivity contribution in [3.63, 3.8) is 0 Å². The second-order valence-corrected chi connectivity index (χ2v) is 6.52. The monoisotopic (exact) mass is 312 g/mol. The molecule has 0 radical (unpaired) electrons. The minimum Gasteiger partial charge on any atom is -0.319 e.